The molecule has 1 saturated heterocycles. The summed E-state index contributed by atoms with van der Waals surface area (Å²) < 4.78 is 35.8. The van der Waals surface area contributed by atoms with E-state index < -0.39 is 10.0 Å². The lowest BCUT2D eigenvalue weighted by atomic mass is 10.1. The van der Waals surface area contributed by atoms with Crippen molar-refractivity contribution in [1.29, 1.82) is 5.26 Å². The second-order valence-corrected chi connectivity index (χ2v) is 10.3. The largest absolute Gasteiger partial charge is 0.455 e. The van der Waals surface area contributed by atoms with E-state index in [1.165, 1.54) is 35.0 Å². The fraction of sp³-hybridized carbons (Fsp3) is 0.136. The van der Waals surface area contributed by atoms with Crippen molar-refractivity contribution >= 4 is 38.8 Å². The number of benzene rings is 2. The highest BCUT2D eigenvalue weighted by Gasteiger charge is 2.24. The molecule has 5 rings (SSSR count). The van der Waals surface area contributed by atoms with E-state index in [0.717, 1.165) is 18.8 Å². The number of halogens is 1. The van der Waals surface area contributed by atoms with Crippen LogP contribution in [0, 0.1) is 11.3 Å². The van der Waals surface area contributed by atoms with Crippen molar-refractivity contribution < 1.29 is 13.2 Å². The van der Waals surface area contributed by atoms with Crippen LogP contribution in [0.3, 0.4) is 0 Å². The lowest BCUT2D eigenvalue weighted by Crippen LogP contribution is -2.44. The average molecular weight is 513 g/mol. The number of rotatable bonds is 7. The van der Waals surface area contributed by atoms with Crippen LogP contribution in [-0.4, -0.2) is 36.3 Å². The van der Waals surface area contributed by atoms with Gasteiger partial charge in [0, 0.05) is 35.3 Å². The van der Waals surface area contributed by atoms with Crippen molar-refractivity contribution in [3.8, 4) is 28.8 Å². The third-order valence-electron chi connectivity index (χ3n) is 5.27. The van der Waals surface area contributed by atoms with Gasteiger partial charge in [0.15, 0.2) is 5.82 Å². The molecule has 172 valence electrons. The Labute approximate surface area is 204 Å². The molecule has 2 aromatic carbocycles. The molecule has 3 heterocycles. The zero-order valence-electron chi connectivity index (χ0n) is 17.5. The number of nitrogens with zero attached hydrogens (tertiary/aromatic N) is 4. The Balaban J connectivity index is 1.49. The molecule has 12 heteroatoms. The van der Waals surface area contributed by atoms with Crippen LogP contribution < -0.4 is 14.8 Å². The molecule has 1 aliphatic rings. The summed E-state index contributed by atoms with van der Waals surface area (Å²) in [5.74, 6) is 0.897. The van der Waals surface area contributed by atoms with Gasteiger partial charge >= 0.3 is 0 Å². The van der Waals surface area contributed by atoms with Gasteiger partial charge in [-0.15, -0.1) is 11.3 Å². The molecule has 0 radical (unpaired) electrons. The standard InChI is InChI=1S/C22H17ClN6O3S2/c23-15-1-3-21(18(8-15)19-5-6-27-29(19)16-10-25-11-16)32-20-4-2-17(7-14(20)9-24)34(30,31)28-22-12-33-13-26-22/h1-8,12-13,16,25,28H,10-11H2. The number of anilines is 1. The number of hydrogen-bond donors (Lipinski definition) is 2. The summed E-state index contributed by atoms with van der Waals surface area (Å²) >= 11 is 7.54. The Morgan fingerprint density at radius 2 is 2.03 bits per heavy atom. The van der Waals surface area contributed by atoms with E-state index in [-0.39, 0.29) is 28.1 Å². The van der Waals surface area contributed by atoms with Crippen molar-refractivity contribution in [2.75, 3.05) is 17.8 Å². The quantitative estimate of drug-likeness (QED) is 0.379. The van der Waals surface area contributed by atoms with Crippen molar-refractivity contribution in [3.05, 3.63) is 70.1 Å². The van der Waals surface area contributed by atoms with E-state index in [1.54, 1.807) is 29.8 Å². The molecule has 0 spiro atoms. The molecule has 0 unspecified atom stereocenters. The first kappa shape index (κ1) is 22.4. The van der Waals surface area contributed by atoms with Gasteiger partial charge in [-0.2, -0.15) is 10.4 Å². The average Bonchev–Trinajstić information content (AvgIpc) is 3.46. The maximum Gasteiger partial charge on any atom is 0.263 e. The maximum atomic E-state index is 12.7. The Kier molecular flexibility index (Phi) is 5.97. The summed E-state index contributed by atoms with van der Waals surface area (Å²) in [6.07, 6.45) is 1.72. The van der Waals surface area contributed by atoms with E-state index in [0.29, 0.717) is 16.3 Å². The molecule has 0 bridgehead atoms. The summed E-state index contributed by atoms with van der Waals surface area (Å²) in [5, 5.41) is 19.5. The summed E-state index contributed by atoms with van der Waals surface area (Å²) in [6.45, 7) is 1.63. The van der Waals surface area contributed by atoms with E-state index >= 15 is 0 Å². The normalized spacial score (nSPS) is 13.8. The lowest BCUT2D eigenvalue weighted by molar-refractivity contribution is 0.321. The first-order chi connectivity index (χ1) is 16.4. The van der Waals surface area contributed by atoms with Crippen LogP contribution in [0.1, 0.15) is 11.6 Å². The first-order valence-corrected chi connectivity index (χ1v) is 12.9. The Morgan fingerprint density at radius 3 is 2.74 bits per heavy atom. The molecule has 0 atom stereocenters. The highest BCUT2D eigenvalue weighted by molar-refractivity contribution is 7.92. The van der Waals surface area contributed by atoms with Gasteiger partial charge in [0.25, 0.3) is 10.0 Å². The van der Waals surface area contributed by atoms with E-state index in [4.69, 9.17) is 16.3 Å². The smallest absolute Gasteiger partial charge is 0.263 e. The summed E-state index contributed by atoms with van der Waals surface area (Å²) in [4.78, 5) is 3.86. The molecule has 2 aromatic heterocycles. The zero-order valence-corrected chi connectivity index (χ0v) is 19.9. The minimum atomic E-state index is -3.91. The van der Waals surface area contributed by atoms with Gasteiger partial charge in [-0.05, 0) is 42.5 Å². The van der Waals surface area contributed by atoms with Gasteiger partial charge in [-0.3, -0.25) is 9.40 Å². The fourth-order valence-electron chi connectivity index (χ4n) is 3.49. The number of hydrogen-bond acceptors (Lipinski definition) is 8. The van der Waals surface area contributed by atoms with Crippen molar-refractivity contribution in [2.45, 2.75) is 10.9 Å². The molecule has 2 N–H and O–H groups in total. The van der Waals surface area contributed by atoms with Gasteiger partial charge < -0.3 is 10.1 Å². The molecule has 4 aromatic rings. The summed E-state index contributed by atoms with van der Waals surface area (Å²) in [5.41, 5.74) is 3.13. The Hall–Kier alpha value is -3.43. The second kappa shape index (κ2) is 9.08. The Bertz CT molecular complexity index is 1490. The molecule has 0 amide bonds. The van der Waals surface area contributed by atoms with Gasteiger partial charge in [0.2, 0.25) is 0 Å². The van der Waals surface area contributed by atoms with Crippen LogP contribution >= 0.6 is 22.9 Å². The number of aromatic nitrogens is 3. The van der Waals surface area contributed by atoms with Crippen LogP contribution in [0.5, 0.6) is 11.5 Å². The number of nitrogens with one attached hydrogen (secondary N) is 2. The second-order valence-electron chi connectivity index (χ2n) is 7.46. The minimum Gasteiger partial charge on any atom is -0.455 e. The molecular weight excluding hydrogens is 496 g/mol. The first-order valence-electron chi connectivity index (χ1n) is 10.1. The molecule has 0 saturated carbocycles. The van der Waals surface area contributed by atoms with Crippen LogP contribution in [-0.2, 0) is 10.0 Å². The van der Waals surface area contributed by atoms with E-state index in [1.807, 2.05) is 16.8 Å². The molecule has 0 aliphatic carbocycles. The van der Waals surface area contributed by atoms with Crippen molar-refractivity contribution in [3.63, 3.8) is 0 Å². The van der Waals surface area contributed by atoms with Gasteiger partial charge in [-0.1, -0.05) is 11.6 Å². The molecular formula is C22H17ClN6O3S2. The molecule has 34 heavy (non-hydrogen) atoms. The van der Waals surface area contributed by atoms with Gasteiger partial charge in [-0.25, -0.2) is 13.4 Å². The van der Waals surface area contributed by atoms with Gasteiger partial charge in [0.1, 0.15) is 17.6 Å². The van der Waals surface area contributed by atoms with E-state index in [9.17, 15) is 13.7 Å². The van der Waals surface area contributed by atoms with Crippen molar-refractivity contribution in [1.82, 2.24) is 20.1 Å². The highest BCUT2D eigenvalue weighted by Crippen LogP contribution is 2.38. The lowest BCUT2D eigenvalue weighted by Gasteiger charge is -2.29. The highest BCUT2D eigenvalue weighted by atomic mass is 35.5. The predicted octanol–water partition coefficient (Wildman–Crippen LogP) is 4.27. The Morgan fingerprint density at radius 1 is 1.21 bits per heavy atom. The van der Waals surface area contributed by atoms with Crippen LogP contribution in [0.2, 0.25) is 5.02 Å². The van der Waals surface area contributed by atoms with E-state index in [2.05, 4.69) is 20.1 Å². The number of ether oxygens (including phenoxy) is 1. The SMILES string of the molecule is N#Cc1cc(S(=O)(=O)Nc2cscn2)ccc1Oc1ccc(Cl)cc1-c1ccnn1C1CNC1. The third kappa shape index (κ3) is 4.36. The number of thiazole rings is 1. The third-order valence-corrected chi connectivity index (χ3v) is 7.44. The molecule has 1 fully saturated rings. The minimum absolute atomic E-state index is 0.0683. The van der Waals surface area contributed by atoms with Gasteiger partial charge in [0.05, 0.1) is 27.7 Å². The van der Waals surface area contributed by atoms with Crippen molar-refractivity contribution in [2.24, 2.45) is 0 Å². The van der Waals surface area contributed by atoms with Crippen LogP contribution in [0.4, 0.5) is 5.82 Å². The molecule has 9 nitrogen and oxygen atoms in total. The number of sulfonamides is 1. The predicted molar refractivity (Wildman–Crippen MR) is 129 cm³/mol. The summed E-state index contributed by atoms with van der Waals surface area (Å²) in [6, 6.07) is 13.4. The maximum absolute atomic E-state index is 12.7. The molecule has 1 aliphatic heterocycles. The zero-order chi connectivity index (χ0) is 23.7. The monoisotopic (exact) mass is 512 g/mol. The van der Waals surface area contributed by atoms with Crippen LogP contribution in [0.25, 0.3) is 11.3 Å². The van der Waals surface area contributed by atoms with Crippen LogP contribution in [0.15, 0.2) is 64.4 Å². The summed E-state index contributed by atoms with van der Waals surface area (Å²) in [7, 11) is -3.91. The topological polar surface area (TPSA) is 122 Å². The number of nitriles is 1. The fourth-order valence-corrected chi connectivity index (χ4v) is 5.24.